The molecule has 5 heteroatoms. The second-order valence-electron chi connectivity index (χ2n) is 5.26. The van der Waals surface area contributed by atoms with E-state index in [1.54, 1.807) is 11.3 Å². The minimum absolute atomic E-state index is 0.121. The van der Waals surface area contributed by atoms with Crippen molar-refractivity contribution in [3.63, 3.8) is 0 Å². The number of hydrogen-bond donors (Lipinski definition) is 1. The minimum Gasteiger partial charge on any atom is -0.392 e. The Balaban J connectivity index is 2.21. The predicted molar refractivity (Wildman–Crippen MR) is 83.1 cm³/mol. The molecule has 0 atom stereocenters. The van der Waals surface area contributed by atoms with Crippen molar-refractivity contribution < 1.29 is 5.11 Å². The summed E-state index contributed by atoms with van der Waals surface area (Å²) < 4.78 is 0. The van der Waals surface area contributed by atoms with Gasteiger partial charge in [-0.2, -0.15) is 0 Å². The van der Waals surface area contributed by atoms with E-state index in [-0.39, 0.29) is 6.61 Å². The molecule has 1 heterocycles. The predicted octanol–water partition coefficient (Wildman–Crippen LogP) is 3.82. The van der Waals surface area contributed by atoms with Crippen molar-refractivity contribution in [3.05, 3.63) is 15.6 Å². The van der Waals surface area contributed by atoms with Gasteiger partial charge in [0.2, 0.25) is 0 Å². The van der Waals surface area contributed by atoms with Crippen molar-refractivity contribution in [2.45, 2.75) is 32.1 Å². The maximum atomic E-state index is 9.61. The lowest BCUT2D eigenvalue weighted by molar-refractivity contribution is 0.295. The Morgan fingerprint density at radius 2 is 2.11 bits per heavy atom. The molecule has 1 saturated carbocycles. The Morgan fingerprint density at radius 1 is 1.42 bits per heavy atom. The van der Waals surface area contributed by atoms with Crippen LogP contribution in [-0.4, -0.2) is 30.8 Å². The van der Waals surface area contributed by atoms with E-state index >= 15 is 0 Å². The highest BCUT2D eigenvalue weighted by molar-refractivity contribution is 7.17. The number of thiazole rings is 1. The minimum atomic E-state index is 0.121. The Kier molecular flexibility index (Phi) is 5.25. The molecule has 1 aromatic heterocycles. The molecule has 2 rings (SSSR count). The van der Waals surface area contributed by atoms with E-state index in [0.717, 1.165) is 15.6 Å². The molecule has 0 spiro atoms. The van der Waals surface area contributed by atoms with Crippen LogP contribution in [0.15, 0.2) is 5.57 Å². The molecule has 0 bridgehead atoms. The van der Waals surface area contributed by atoms with E-state index < -0.39 is 0 Å². The van der Waals surface area contributed by atoms with Crippen LogP contribution in [0.4, 0.5) is 5.13 Å². The van der Waals surface area contributed by atoms with E-state index in [9.17, 15) is 5.11 Å². The zero-order valence-corrected chi connectivity index (χ0v) is 13.1. The first kappa shape index (κ1) is 14.8. The number of aliphatic hydroxyl groups excluding tert-OH is 1. The van der Waals surface area contributed by atoms with E-state index in [1.807, 2.05) is 25.1 Å². The first-order valence-corrected chi connectivity index (χ1v) is 7.96. The van der Waals surface area contributed by atoms with E-state index in [1.165, 1.54) is 32.1 Å². The van der Waals surface area contributed by atoms with Crippen LogP contribution in [0, 0.1) is 5.92 Å². The Morgan fingerprint density at radius 3 is 2.63 bits per heavy atom. The summed E-state index contributed by atoms with van der Waals surface area (Å²) in [5.41, 5.74) is 1.11. The first-order valence-electron chi connectivity index (χ1n) is 6.76. The molecule has 1 aromatic rings. The van der Waals surface area contributed by atoms with E-state index in [4.69, 9.17) is 11.6 Å². The summed E-state index contributed by atoms with van der Waals surface area (Å²) in [4.78, 5) is 7.24. The molecule has 0 saturated heterocycles. The van der Waals surface area contributed by atoms with Gasteiger partial charge in [0.1, 0.15) is 5.15 Å². The van der Waals surface area contributed by atoms with Crippen LogP contribution in [0.5, 0.6) is 0 Å². The fraction of sp³-hybridized carbons (Fsp3) is 0.643. The van der Waals surface area contributed by atoms with Gasteiger partial charge in [0.05, 0.1) is 11.5 Å². The number of halogens is 1. The first-order chi connectivity index (χ1) is 9.11. The van der Waals surface area contributed by atoms with Gasteiger partial charge in [-0.1, -0.05) is 42.2 Å². The highest BCUT2D eigenvalue weighted by atomic mass is 35.5. The number of hydrogen-bond acceptors (Lipinski definition) is 4. The van der Waals surface area contributed by atoms with Crippen LogP contribution < -0.4 is 4.90 Å². The quantitative estimate of drug-likeness (QED) is 0.918. The van der Waals surface area contributed by atoms with Crippen molar-refractivity contribution >= 4 is 34.1 Å². The molecule has 0 unspecified atom stereocenters. The molecule has 1 aliphatic carbocycles. The number of nitrogens with zero attached hydrogens (tertiary/aromatic N) is 2. The highest BCUT2D eigenvalue weighted by Gasteiger charge is 2.18. The van der Waals surface area contributed by atoms with Gasteiger partial charge >= 0.3 is 0 Å². The van der Waals surface area contributed by atoms with Gasteiger partial charge in [-0.25, -0.2) is 4.98 Å². The Labute approximate surface area is 123 Å². The maximum absolute atomic E-state index is 9.61. The van der Waals surface area contributed by atoms with Gasteiger partial charge in [0.15, 0.2) is 5.13 Å². The third kappa shape index (κ3) is 3.71. The standard InChI is InChI=1S/C14H21ClN2OS/c1-17(2)14-16-13(15)12(19-14)8-11(9-18)10-6-4-3-5-7-10/h8,10,18H,3-7,9H2,1-2H3. The molecule has 1 N–H and O–H groups in total. The topological polar surface area (TPSA) is 36.4 Å². The lowest BCUT2D eigenvalue weighted by atomic mass is 9.84. The monoisotopic (exact) mass is 300 g/mol. The molecule has 106 valence electrons. The normalized spacial score (nSPS) is 17.8. The largest absolute Gasteiger partial charge is 0.392 e. The summed E-state index contributed by atoms with van der Waals surface area (Å²) in [6.45, 7) is 0.121. The maximum Gasteiger partial charge on any atom is 0.186 e. The average Bonchev–Trinajstić information content (AvgIpc) is 2.78. The molecule has 19 heavy (non-hydrogen) atoms. The van der Waals surface area contributed by atoms with Gasteiger partial charge in [0, 0.05) is 14.1 Å². The van der Waals surface area contributed by atoms with Crippen LogP contribution in [0.1, 0.15) is 37.0 Å². The van der Waals surface area contributed by atoms with E-state index in [0.29, 0.717) is 11.1 Å². The molecule has 1 fully saturated rings. The van der Waals surface area contributed by atoms with Gasteiger partial charge in [-0.15, -0.1) is 0 Å². The van der Waals surface area contributed by atoms with Crippen LogP contribution in [0.25, 0.3) is 6.08 Å². The van der Waals surface area contributed by atoms with Gasteiger partial charge in [-0.05, 0) is 30.4 Å². The molecule has 3 nitrogen and oxygen atoms in total. The molecule has 0 radical (unpaired) electrons. The van der Waals surface area contributed by atoms with Gasteiger partial charge in [0.25, 0.3) is 0 Å². The van der Waals surface area contributed by atoms with Gasteiger partial charge < -0.3 is 10.0 Å². The summed E-state index contributed by atoms with van der Waals surface area (Å²) >= 11 is 7.75. The van der Waals surface area contributed by atoms with Crippen molar-refractivity contribution in [1.82, 2.24) is 4.98 Å². The second-order valence-corrected chi connectivity index (χ2v) is 6.63. The van der Waals surface area contributed by atoms with Crippen LogP contribution in [0.3, 0.4) is 0 Å². The Hall–Kier alpha value is -0.580. The average molecular weight is 301 g/mol. The molecule has 0 aliphatic heterocycles. The summed E-state index contributed by atoms with van der Waals surface area (Å²) in [6.07, 6.45) is 8.26. The summed E-state index contributed by atoms with van der Waals surface area (Å²) in [5, 5.41) is 11.0. The molecule has 0 aromatic carbocycles. The van der Waals surface area contributed by atoms with Crippen molar-refractivity contribution in [2.24, 2.45) is 5.92 Å². The zero-order valence-electron chi connectivity index (χ0n) is 11.5. The van der Waals surface area contributed by atoms with Crippen LogP contribution in [0.2, 0.25) is 5.15 Å². The van der Waals surface area contributed by atoms with Crippen molar-refractivity contribution in [2.75, 3.05) is 25.6 Å². The fourth-order valence-corrected chi connectivity index (χ4v) is 3.67. The SMILES string of the molecule is CN(C)c1nc(Cl)c(C=C(CO)C2CCCCC2)s1. The number of aliphatic hydroxyl groups is 1. The highest BCUT2D eigenvalue weighted by Crippen LogP contribution is 2.34. The Bertz CT molecular complexity index is 450. The van der Waals surface area contributed by atoms with Crippen molar-refractivity contribution in [1.29, 1.82) is 0 Å². The third-order valence-electron chi connectivity index (χ3n) is 3.61. The fourth-order valence-electron chi connectivity index (χ4n) is 2.52. The number of anilines is 1. The number of aromatic nitrogens is 1. The lowest BCUT2D eigenvalue weighted by Gasteiger charge is -2.23. The zero-order chi connectivity index (χ0) is 13.8. The van der Waals surface area contributed by atoms with Crippen molar-refractivity contribution in [3.8, 4) is 0 Å². The summed E-state index contributed by atoms with van der Waals surface area (Å²) in [5.74, 6) is 0.514. The molecular weight excluding hydrogens is 280 g/mol. The molecule has 0 amide bonds. The third-order valence-corrected chi connectivity index (χ3v) is 5.18. The lowest BCUT2D eigenvalue weighted by Crippen LogP contribution is -2.11. The van der Waals surface area contributed by atoms with Crippen LogP contribution >= 0.6 is 22.9 Å². The van der Waals surface area contributed by atoms with Crippen LogP contribution in [-0.2, 0) is 0 Å². The smallest absolute Gasteiger partial charge is 0.186 e. The summed E-state index contributed by atoms with van der Waals surface area (Å²) in [7, 11) is 3.91. The van der Waals surface area contributed by atoms with E-state index in [2.05, 4.69) is 4.98 Å². The molecule has 1 aliphatic rings. The second kappa shape index (κ2) is 6.73. The summed E-state index contributed by atoms with van der Waals surface area (Å²) in [6, 6.07) is 0. The van der Waals surface area contributed by atoms with Gasteiger partial charge in [-0.3, -0.25) is 0 Å². The molecular formula is C14H21ClN2OS. The number of rotatable bonds is 4.